The Kier molecular flexibility index (Phi) is 8.16. The molecule has 1 unspecified atom stereocenters. The molecule has 0 radical (unpaired) electrons. The number of carbonyl (C=O) groups excluding carboxylic acids is 3. The van der Waals surface area contributed by atoms with Crippen LogP contribution >= 0.6 is 11.8 Å². The number of carbonyl (C=O) groups is 3. The van der Waals surface area contributed by atoms with Crippen molar-refractivity contribution in [3.05, 3.63) is 28.8 Å². The van der Waals surface area contributed by atoms with Gasteiger partial charge >= 0.3 is 5.97 Å². The van der Waals surface area contributed by atoms with Crippen molar-refractivity contribution in [2.45, 2.75) is 41.0 Å². The van der Waals surface area contributed by atoms with Crippen molar-refractivity contribution in [3.63, 3.8) is 0 Å². The van der Waals surface area contributed by atoms with E-state index in [2.05, 4.69) is 0 Å². The highest BCUT2D eigenvalue weighted by Crippen LogP contribution is 2.28. The number of methoxy groups -OCH3 is 1. The van der Waals surface area contributed by atoms with E-state index in [1.807, 2.05) is 46.8 Å². The number of rotatable bonds is 7. The van der Waals surface area contributed by atoms with Gasteiger partial charge in [-0.1, -0.05) is 37.7 Å². The van der Waals surface area contributed by atoms with Gasteiger partial charge in [0.2, 0.25) is 5.91 Å². The third-order valence-corrected chi connectivity index (χ3v) is 5.42. The largest absolute Gasteiger partial charge is 0.468 e. The summed E-state index contributed by atoms with van der Waals surface area (Å²) in [4.78, 5) is 38.0. The molecule has 0 fully saturated rings. The topological polar surface area (TPSA) is 63.7 Å². The smallest absolute Gasteiger partial charge is 0.325 e. The van der Waals surface area contributed by atoms with Crippen LogP contribution in [0.15, 0.2) is 12.1 Å². The Morgan fingerprint density at radius 1 is 1.16 bits per heavy atom. The molecule has 0 aliphatic heterocycles. The molecule has 0 aromatic heterocycles. The fourth-order valence-electron chi connectivity index (χ4n) is 2.36. The average molecular weight is 365 g/mol. The van der Waals surface area contributed by atoms with Crippen LogP contribution in [0, 0.1) is 26.7 Å². The number of ether oxygens (including phenoxy) is 1. The molecule has 0 saturated heterocycles. The van der Waals surface area contributed by atoms with E-state index in [1.54, 1.807) is 0 Å². The maximum Gasteiger partial charge on any atom is 0.325 e. The SMILES string of the molecule is CCC(C)C(=O)SCC(=O)N(CC(=O)OC)c1c(C)ccc(C)c1C. The van der Waals surface area contributed by atoms with Gasteiger partial charge < -0.3 is 4.74 Å². The third-order valence-electron chi connectivity index (χ3n) is 4.34. The molecule has 6 heteroatoms. The van der Waals surface area contributed by atoms with Crippen molar-refractivity contribution in [3.8, 4) is 0 Å². The van der Waals surface area contributed by atoms with Gasteiger partial charge in [-0.25, -0.2) is 0 Å². The zero-order chi connectivity index (χ0) is 19.1. The van der Waals surface area contributed by atoms with Crippen LogP contribution in [0.3, 0.4) is 0 Å². The highest BCUT2D eigenvalue weighted by Gasteiger charge is 2.24. The Bertz CT molecular complexity index is 657. The minimum Gasteiger partial charge on any atom is -0.468 e. The molecule has 25 heavy (non-hydrogen) atoms. The van der Waals surface area contributed by atoms with Crippen LogP contribution in [0.25, 0.3) is 0 Å². The number of aryl methyl sites for hydroxylation is 2. The first-order valence-electron chi connectivity index (χ1n) is 8.33. The maximum absolute atomic E-state index is 12.8. The van der Waals surface area contributed by atoms with Crippen LogP contribution in [0.5, 0.6) is 0 Å². The van der Waals surface area contributed by atoms with E-state index in [0.29, 0.717) is 5.69 Å². The molecule has 0 aliphatic carbocycles. The number of hydrogen-bond acceptors (Lipinski definition) is 5. The molecule has 0 aliphatic rings. The number of thioether (sulfide) groups is 1. The van der Waals surface area contributed by atoms with E-state index in [-0.39, 0.29) is 29.2 Å². The molecule has 0 saturated carbocycles. The maximum atomic E-state index is 12.8. The van der Waals surface area contributed by atoms with Crippen LogP contribution in [-0.4, -0.2) is 36.4 Å². The molecule has 1 amide bonds. The van der Waals surface area contributed by atoms with Gasteiger partial charge in [-0.15, -0.1) is 0 Å². The number of anilines is 1. The highest BCUT2D eigenvalue weighted by atomic mass is 32.2. The van der Waals surface area contributed by atoms with Gasteiger partial charge in [-0.2, -0.15) is 0 Å². The van der Waals surface area contributed by atoms with Crippen molar-refractivity contribution >= 4 is 34.4 Å². The lowest BCUT2D eigenvalue weighted by atomic mass is 10.0. The molecule has 0 N–H and O–H groups in total. The van der Waals surface area contributed by atoms with Crippen molar-refractivity contribution in [2.24, 2.45) is 5.92 Å². The first-order chi connectivity index (χ1) is 11.7. The fraction of sp³-hybridized carbons (Fsp3) is 0.526. The van der Waals surface area contributed by atoms with E-state index in [0.717, 1.165) is 34.9 Å². The Hall–Kier alpha value is -1.82. The summed E-state index contributed by atoms with van der Waals surface area (Å²) in [5, 5.41) is -0.00782. The summed E-state index contributed by atoms with van der Waals surface area (Å²) in [6.07, 6.45) is 0.738. The normalized spacial score (nSPS) is 11.8. The summed E-state index contributed by atoms with van der Waals surface area (Å²) in [5.41, 5.74) is 3.59. The fourth-order valence-corrected chi connectivity index (χ4v) is 3.23. The lowest BCUT2D eigenvalue weighted by Gasteiger charge is -2.26. The molecule has 0 bridgehead atoms. The first kappa shape index (κ1) is 21.2. The molecule has 1 aromatic rings. The minimum absolute atomic E-state index is 0.00693. The molecule has 1 aromatic carbocycles. The number of hydrogen-bond donors (Lipinski definition) is 0. The lowest BCUT2D eigenvalue weighted by Crippen LogP contribution is -2.38. The predicted octanol–water partition coefficient (Wildman–Crippen LogP) is 3.42. The molecule has 0 spiro atoms. The number of amides is 1. The third kappa shape index (κ3) is 5.59. The second kappa shape index (κ2) is 9.61. The number of nitrogens with zero attached hydrogens (tertiary/aromatic N) is 1. The van der Waals surface area contributed by atoms with Crippen LogP contribution in [0.1, 0.15) is 37.0 Å². The molecule has 5 nitrogen and oxygen atoms in total. The molecule has 138 valence electrons. The Morgan fingerprint density at radius 3 is 2.32 bits per heavy atom. The van der Waals surface area contributed by atoms with Gasteiger partial charge in [0, 0.05) is 5.92 Å². The van der Waals surface area contributed by atoms with Gasteiger partial charge in [-0.3, -0.25) is 19.3 Å². The van der Waals surface area contributed by atoms with Gasteiger partial charge in [0.15, 0.2) is 5.12 Å². The second-order valence-corrected chi connectivity index (χ2v) is 7.13. The van der Waals surface area contributed by atoms with E-state index >= 15 is 0 Å². The summed E-state index contributed by atoms with van der Waals surface area (Å²) >= 11 is 1.01. The average Bonchev–Trinajstić information content (AvgIpc) is 2.60. The molecule has 1 atom stereocenters. The van der Waals surface area contributed by atoms with Crippen LogP contribution < -0.4 is 4.90 Å². The zero-order valence-corrected chi connectivity index (χ0v) is 16.7. The van der Waals surface area contributed by atoms with E-state index < -0.39 is 5.97 Å². The van der Waals surface area contributed by atoms with Gasteiger partial charge in [0.05, 0.1) is 18.6 Å². The van der Waals surface area contributed by atoms with Crippen molar-refractivity contribution in [1.82, 2.24) is 0 Å². The van der Waals surface area contributed by atoms with Crippen molar-refractivity contribution < 1.29 is 19.1 Å². The molecular weight excluding hydrogens is 338 g/mol. The standard InChI is InChI=1S/C19H27NO4S/c1-7-12(2)19(23)25-11-16(21)20(10-17(22)24-6)18-14(4)9-8-13(3)15(18)5/h8-9,12H,7,10-11H2,1-6H3. The Morgan fingerprint density at radius 2 is 1.76 bits per heavy atom. The number of esters is 1. The highest BCUT2D eigenvalue weighted by molar-refractivity contribution is 8.14. The van der Waals surface area contributed by atoms with E-state index in [1.165, 1.54) is 12.0 Å². The second-order valence-electron chi connectivity index (χ2n) is 6.15. The van der Waals surface area contributed by atoms with Crippen molar-refractivity contribution in [1.29, 1.82) is 0 Å². The lowest BCUT2D eigenvalue weighted by molar-refractivity contribution is -0.139. The van der Waals surface area contributed by atoms with Gasteiger partial charge in [0.25, 0.3) is 0 Å². The molecule has 0 heterocycles. The summed E-state index contributed by atoms with van der Waals surface area (Å²) in [7, 11) is 1.29. The summed E-state index contributed by atoms with van der Waals surface area (Å²) in [6, 6.07) is 3.91. The van der Waals surface area contributed by atoms with Crippen LogP contribution in [0.4, 0.5) is 5.69 Å². The Balaban J connectivity index is 3.09. The summed E-state index contributed by atoms with van der Waals surface area (Å²) in [6.45, 7) is 9.40. The minimum atomic E-state index is -0.494. The predicted molar refractivity (Wildman–Crippen MR) is 102 cm³/mol. The van der Waals surface area contributed by atoms with Gasteiger partial charge in [0.1, 0.15) is 6.54 Å². The van der Waals surface area contributed by atoms with Crippen molar-refractivity contribution in [2.75, 3.05) is 24.3 Å². The molecule has 1 rings (SSSR count). The first-order valence-corrected chi connectivity index (χ1v) is 9.32. The van der Waals surface area contributed by atoms with Gasteiger partial charge in [-0.05, 0) is 43.9 Å². The van der Waals surface area contributed by atoms with Crippen LogP contribution in [-0.2, 0) is 19.1 Å². The Labute approximate surface area is 154 Å². The van der Waals surface area contributed by atoms with Crippen LogP contribution in [0.2, 0.25) is 0 Å². The quantitative estimate of drug-likeness (QED) is 0.693. The van der Waals surface area contributed by atoms with E-state index in [4.69, 9.17) is 4.74 Å². The summed E-state index contributed by atoms with van der Waals surface area (Å²) in [5.74, 6) is -0.849. The number of benzene rings is 1. The summed E-state index contributed by atoms with van der Waals surface area (Å²) < 4.78 is 4.74. The van der Waals surface area contributed by atoms with E-state index in [9.17, 15) is 14.4 Å². The zero-order valence-electron chi connectivity index (χ0n) is 15.8. The monoisotopic (exact) mass is 365 g/mol. The molecular formula is C19H27NO4S.